The van der Waals surface area contributed by atoms with E-state index in [0.717, 1.165) is 29.0 Å². The van der Waals surface area contributed by atoms with Gasteiger partial charge in [-0.05, 0) is 35.9 Å². The van der Waals surface area contributed by atoms with E-state index in [9.17, 15) is 4.79 Å². The molecule has 1 fully saturated rings. The van der Waals surface area contributed by atoms with Gasteiger partial charge in [-0.1, -0.05) is 30.3 Å². The number of aldehydes is 1. The quantitative estimate of drug-likeness (QED) is 0.792. The molecule has 94 valence electrons. The van der Waals surface area contributed by atoms with Crippen LogP contribution in [0.3, 0.4) is 0 Å². The normalized spacial score (nSPS) is 21.1. The SMILES string of the molecule is CN.NC1CC1c1cc(C=O)c2ccccc2c1. The summed E-state index contributed by atoms with van der Waals surface area (Å²) in [4.78, 5) is 11.1. The first-order valence-corrected chi connectivity index (χ1v) is 6.11. The topological polar surface area (TPSA) is 69.1 Å². The van der Waals surface area contributed by atoms with E-state index in [4.69, 9.17) is 5.73 Å². The Labute approximate surface area is 107 Å². The molecule has 18 heavy (non-hydrogen) atoms. The molecule has 3 nitrogen and oxygen atoms in total. The lowest BCUT2D eigenvalue weighted by atomic mass is 9.99. The fourth-order valence-corrected chi connectivity index (χ4v) is 2.27. The molecule has 3 heteroatoms. The molecule has 0 amide bonds. The third kappa shape index (κ3) is 2.28. The summed E-state index contributed by atoms with van der Waals surface area (Å²) in [6.45, 7) is 0. The fourth-order valence-electron chi connectivity index (χ4n) is 2.27. The summed E-state index contributed by atoms with van der Waals surface area (Å²) < 4.78 is 0. The van der Waals surface area contributed by atoms with E-state index >= 15 is 0 Å². The van der Waals surface area contributed by atoms with Crippen molar-refractivity contribution in [3.8, 4) is 0 Å². The Morgan fingerprint density at radius 2 is 1.89 bits per heavy atom. The summed E-state index contributed by atoms with van der Waals surface area (Å²) in [6.07, 6.45) is 1.97. The monoisotopic (exact) mass is 242 g/mol. The predicted molar refractivity (Wildman–Crippen MR) is 74.8 cm³/mol. The van der Waals surface area contributed by atoms with Crippen LogP contribution in [0.5, 0.6) is 0 Å². The minimum Gasteiger partial charge on any atom is -0.333 e. The average Bonchev–Trinajstić information content (AvgIpc) is 3.17. The smallest absolute Gasteiger partial charge is 0.150 e. The second-order valence-corrected chi connectivity index (χ2v) is 4.46. The second kappa shape index (κ2) is 5.29. The lowest BCUT2D eigenvalue weighted by Crippen LogP contribution is -2.01. The number of benzene rings is 2. The summed E-state index contributed by atoms with van der Waals surface area (Å²) >= 11 is 0. The highest BCUT2D eigenvalue weighted by Gasteiger charge is 2.35. The Balaban J connectivity index is 0.000000574. The highest BCUT2D eigenvalue weighted by Crippen LogP contribution is 2.40. The zero-order valence-corrected chi connectivity index (χ0v) is 10.5. The zero-order chi connectivity index (χ0) is 13.1. The zero-order valence-electron chi connectivity index (χ0n) is 10.5. The van der Waals surface area contributed by atoms with Crippen molar-refractivity contribution in [1.82, 2.24) is 0 Å². The van der Waals surface area contributed by atoms with E-state index in [0.29, 0.717) is 5.92 Å². The van der Waals surface area contributed by atoms with Crippen LogP contribution in [0, 0.1) is 0 Å². The lowest BCUT2D eigenvalue weighted by Gasteiger charge is -2.05. The number of fused-ring (bicyclic) bond motifs is 1. The van der Waals surface area contributed by atoms with Gasteiger partial charge in [0.2, 0.25) is 0 Å². The Morgan fingerprint density at radius 3 is 2.50 bits per heavy atom. The summed E-state index contributed by atoms with van der Waals surface area (Å²) in [5.74, 6) is 0.448. The molecule has 0 spiro atoms. The highest BCUT2D eigenvalue weighted by atomic mass is 16.1. The van der Waals surface area contributed by atoms with Crippen LogP contribution >= 0.6 is 0 Å². The molecule has 1 saturated carbocycles. The largest absolute Gasteiger partial charge is 0.333 e. The van der Waals surface area contributed by atoms with Gasteiger partial charge in [0, 0.05) is 17.5 Å². The first-order chi connectivity index (χ1) is 8.79. The third-order valence-electron chi connectivity index (χ3n) is 3.31. The van der Waals surface area contributed by atoms with E-state index < -0.39 is 0 Å². The molecule has 1 aliphatic rings. The molecule has 2 unspecified atom stereocenters. The Morgan fingerprint density at radius 1 is 1.22 bits per heavy atom. The maximum Gasteiger partial charge on any atom is 0.150 e. The molecule has 0 heterocycles. The van der Waals surface area contributed by atoms with Crippen LogP contribution in [0.2, 0.25) is 0 Å². The van der Waals surface area contributed by atoms with Gasteiger partial charge in [-0.25, -0.2) is 0 Å². The molecular weight excluding hydrogens is 224 g/mol. The van der Waals surface area contributed by atoms with E-state index in [-0.39, 0.29) is 6.04 Å². The second-order valence-electron chi connectivity index (χ2n) is 4.46. The van der Waals surface area contributed by atoms with Gasteiger partial charge in [0.15, 0.2) is 6.29 Å². The third-order valence-corrected chi connectivity index (χ3v) is 3.31. The molecule has 4 N–H and O–H groups in total. The molecule has 1 aliphatic carbocycles. The van der Waals surface area contributed by atoms with Gasteiger partial charge in [0.1, 0.15) is 0 Å². The van der Waals surface area contributed by atoms with Gasteiger partial charge in [-0.2, -0.15) is 0 Å². The molecule has 2 aromatic rings. The molecule has 0 radical (unpaired) electrons. The summed E-state index contributed by atoms with van der Waals surface area (Å²) in [5.41, 5.74) is 12.3. The van der Waals surface area contributed by atoms with Crippen molar-refractivity contribution in [3.63, 3.8) is 0 Å². The lowest BCUT2D eigenvalue weighted by molar-refractivity contribution is 0.112. The van der Waals surface area contributed by atoms with Crippen LogP contribution < -0.4 is 11.5 Å². The number of rotatable bonds is 2. The minimum atomic E-state index is 0.278. The number of hydrogen-bond acceptors (Lipinski definition) is 3. The van der Waals surface area contributed by atoms with Crippen LogP contribution in [0.25, 0.3) is 10.8 Å². The highest BCUT2D eigenvalue weighted by molar-refractivity contribution is 5.98. The van der Waals surface area contributed by atoms with Gasteiger partial charge in [-0.15, -0.1) is 0 Å². The Hall–Kier alpha value is -1.71. The number of nitrogens with two attached hydrogens (primary N) is 2. The molecule has 0 bridgehead atoms. The van der Waals surface area contributed by atoms with Gasteiger partial charge < -0.3 is 11.5 Å². The van der Waals surface area contributed by atoms with E-state index in [2.05, 4.69) is 11.8 Å². The van der Waals surface area contributed by atoms with Crippen molar-refractivity contribution < 1.29 is 4.79 Å². The van der Waals surface area contributed by atoms with Crippen molar-refractivity contribution in [2.45, 2.75) is 18.4 Å². The summed E-state index contributed by atoms with van der Waals surface area (Å²) in [5, 5.41) is 2.15. The van der Waals surface area contributed by atoms with Crippen molar-refractivity contribution >= 4 is 17.1 Å². The van der Waals surface area contributed by atoms with Crippen molar-refractivity contribution in [3.05, 3.63) is 47.5 Å². The standard InChI is InChI=1S/C14H13NO.CH5N/c15-14-7-13(14)10-5-9-3-1-2-4-12(9)11(6-10)8-16;1-2/h1-6,8,13-14H,7,15H2;2H2,1H3. The van der Waals surface area contributed by atoms with E-state index in [1.807, 2.05) is 30.3 Å². The summed E-state index contributed by atoms with van der Waals surface area (Å²) in [7, 11) is 1.50. The maximum absolute atomic E-state index is 11.1. The molecule has 2 aromatic carbocycles. The van der Waals surface area contributed by atoms with Gasteiger partial charge in [0.25, 0.3) is 0 Å². The number of hydrogen-bond donors (Lipinski definition) is 2. The number of carbonyl (C=O) groups excluding carboxylic acids is 1. The summed E-state index contributed by atoms with van der Waals surface area (Å²) in [6, 6.07) is 12.4. The molecule has 0 aromatic heterocycles. The van der Waals surface area contributed by atoms with Crippen LogP contribution in [0.4, 0.5) is 0 Å². The van der Waals surface area contributed by atoms with Crippen LogP contribution in [-0.4, -0.2) is 19.4 Å². The predicted octanol–water partition coefficient (Wildman–Crippen LogP) is 2.04. The molecule has 3 rings (SSSR count). The fraction of sp³-hybridized carbons (Fsp3) is 0.267. The van der Waals surface area contributed by atoms with Gasteiger partial charge in [-0.3, -0.25) is 4.79 Å². The molecule has 2 atom stereocenters. The van der Waals surface area contributed by atoms with Crippen LogP contribution in [0.15, 0.2) is 36.4 Å². The first-order valence-electron chi connectivity index (χ1n) is 6.11. The molecule has 0 saturated heterocycles. The Kier molecular flexibility index (Phi) is 3.75. The average molecular weight is 242 g/mol. The first kappa shape index (κ1) is 12.7. The van der Waals surface area contributed by atoms with E-state index in [1.54, 1.807) is 0 Å². The van der Waals surface area contributed by atoms with Crippen LogP contribution in [-0.2, 0) is 0 Å². The van der Waals surface area contributed by atoms with Crippen molar-refractivity contribution in [2.24, 2.45) is 11.5 Å². The minimum absolute atomic E-state index is 0.278. The van der Waals surface area contributed by atoms with E-state index in [1.165, 1.54) is 12.6 Å². The molecular formula is C15H18N2O. The maximum atomic E-state index is 11.1. The Bertz CT molecular complexity index is 565. The van der Waals surface area contributed by atoms with Gasteiger partial charge in [0.05, 0.1) is 0 Å². The number of carbonyl (C=O) groups is 1. The van der Waals surface area contributed by atoms with Crippen molar-refractivity contribution in [2.75, 3.05) is 7.05 Å². The van der Waals surface area contributed by atoms with Crippen molar-refractivity contribution in [1.29, 1.82) is 0 Å². The van der Waals surface area contributed by atoms with Crippen LogP contribution in [0.1, 0.15) is 28.3 Å². The van der Waals surface area contributed by atoms with Gasteiger partial charge >= 0.3 is 0 Å². The molecule has 0 aliphatic heterocycles.